The molecule has 1 fully saturated rings. The summed E-state index contributed by atoms with van der Waals surface area (Å²) in [6.45, 7) is 4.35. The number of nitrogens with one attached hydrogen (secondary N) is 1. The fraction of sp³-hybridized carbons (Fsp3) is 0.423. The van der Waals surface area contributed by atoms with Crippen LogP contribution in [0.5, 0.6) is 5.75 Å². The lowest BCUT2D eigenvalue weighted by atomic mass is 9.87. The minimum Gasteiger partial charge on any atom is -0.490 e. The first-order chi connectivity index (χ1) is 15.3. The van der Waals surface area contributed by atoms with E-state index in [0.29, 0.717) is 49.1 Å². The number of carbonyl (C=O) groups excluding carboxylic acids is 2. The van der Waals surface area contributed by atoms with E-state index in [0.717, 1.165) is 24.0 Å². The first-order valence-corrected chi connectivity index (χ1v) is 11.2. The molecule has 0 unspecified atom stereocenters. The highest BCUT2D eigenvalue weighted by atomic mass is 16.5. The Labute approximate surface area is 189 Å². The molecule has 2 N–H and O–H groups in total. The molecule has 3 rings (SSSR count). The summed E-state index contributed by atoms with van der Waals surface area (Å²) in [6.07, 6.45) is 3.67. The molecule has 0 atom stereocenters. The molecule has 0 radical (unpaired) electrons. The minimum atomic E-state index is -0.726. The number of rotatable bonds is 9. The van der Waals surface area contributed by atoms with Crippen molar-refractivity contribution in [2.24, 2.45) is 5.92 Å². The lowest BCUT2D eigenvalue weighted by Gasteiger charge is -2.26. The van der Waals surface area contributed by atoms with E-state index in [9.17, 15) is 14.4 Å². The molecule has 0 spiro atoms. The Morgan fingerprint density at radius 3 is 2.31 bits per heavy atom. The second kappa shape index (κ2) is 10.9. The van der Waals surface area contributed by atoms with Crippen molar-refractivity contribution in [3.05, 3.63) is 64.7 Å². The summed E-state index contributed by atoms with van der Waals surface area (Å²) >= 11 is 0. The van der Waals surface area contributed by atoms with Crippen LogP contribution in [0.25, 0.3) is 0 Å². The van der Waals surface area contributed by atoms with Crippen LogP contribution in [0.2, 0.25) is 0 Å². The van der Waals surface area contributed by atoms with Gasteiger partial charge in [0.25, 0.3) is 5.91 Å². The number of benzene rings is 2. The Morgan fingerprint density at radius 1 is 1.00 bits per heavy atom. The average molecular weight is 438 g/mol. The van der Waals surface area contributed by atoms with Crippen LogP contribution in [0, 0.1) is 19.8 Å². The first-order valence-electron chi connectivity index (χ1n) is 11.2. The number of ether oxygens (including phenoxy) is 1. The molecule has 0 aromatic heterocycles. The highest BCUT2D eigenvalue weighted by Crippen LogP contribution is 2.28. The fourth-order valence-corrected chi connectivity index (χ4v) is 4.10. The zero-order valence-corrected chi connectivity index (χ0v) is 18.7. The number of carboxylic acid groups (broad SMARTS) is 1. The maximum absolute atomic E-state index is 12.4. The first kappa shape index (κ1) is 23.5. The predicted octanol–water partition coefficient (Wildman–Crippen LogP) is 4.72. The van der Waals surface area contributed by atoms with E-state index >= 15 is 0 Å². The second-order valence-electron chi connectivity index (χ2n) is 8.56. The summed E-state index contributed by atoms with van der Waals surface area (Å²) in [5, 5.41) is 12.0. The van der Waals surface area contributed by atoms with Crippen molar-refractivity contribution in [1.29, 1.82) is 0 Å². The van der Waals surface area contributed by atoms with Crippen LogP contribution in [0.15, 0.2) is 42.5 Å². The maximum Gasteiger partial charge on any atom is 0.306 e. The predicted molar refractivity (Wildman–Crippen MR) is 122 cm³/mol. The van der Waals surface area contributed by atoms with Crippen molar-refractivity contribution in [2.75, 3.05) is 6.54 Å². The second-order valence-corrected chi connectivity index (χ2v) is 8.56. The molecular weight excluding hydrogens is 406 g/mol. The summed E-state index contributed by atoms with van der Waals surface area (Å²) in [5.74, 6) is -0.383. The summed E-state index contributed by atoms with van der Waals surface area (Å²) in [4.78, 5) is 35.8. The molecule has 1 aliphatic rings. The fourth-order valence-electron chi connectivity index (χ4n) is 4.10. The molecule has 0 aliphatic heterocycles. The van der Waals surface area contributed by atoms with Crippen molar-refractivity contribution < 1.29 is 24.2 Å². The van der Waals surface area contributed by atoms with Crippen LogP contribution in [-0.2, 0) is 4.79 Å². The number of ketones is 1. The van der Waals surface area contributed by atoms with Crippen molar-refractivity contribution in [3.63, 3.8) is 0 Å². The zero-order chi connectivity index (χ0) is 23.1. The monoisotopic (exact) mass is 437 g/mol. The van der Waals surface area contributed by atoms with Gasteiger partial charge in [-0.1, -0.05) is 17.7 Å². The van der Waals surface area contributed by atoms with E-state index in [2.05, 4.69) is 5.32 Å². The summed E-state index contributed by atoms with van der Waals surface area (Å²) in [5.41, 5.74) is 3.34. The standard InChI is InChI=1S/C26H31NO5/c1-17-5-14-23(18(2)16-17)25(29)27-15-3-4-24(28)19-6-10-21(11-7-19)32-22-12-8-20(9-13-22)26(30)31/h5-7,10-11,14,16,20,22H,3-4,8-9,12-13,15H2,1-2H3,(H,27,29)(H,30,31). The number of aryl methyl sites for hydroxylation is 2. The molecule has 2 aromatic carbocycles. The topological polar surface area (TPSA) is 92.7 Å². The molecule has 2 aromatic rings. The van der Waals surface area contributed by atoms with Crippen LogP contribution in [0.4, 0.5) is 0 Å². The van der Waals surface area contributed by atoms with E-state index in [1.165, 1.54) is 0 Å². The molecule has 0 bridgehead atoms. The van der Waals surface area contributed by atoms with Crippen molar-refractivity contribution in [3.8, 4) is 5.75 Å². The van der Waals surface area contributed by atoms with Gasteiger partial charge in [0.15, 0.2) is 5.78 Å². The molecule has 1 saturated carbocycles. The van der Waals surface area contributed by atoms with Gasteiger partial charge >= 0.3 is 5.97 Å². The molecule has 0 heterocycles. The smallest absolute Gasteiger partial charge is 0.306 e. The molecule has 0 saturated heterocycles. The number of aliphatic carboxylic acids is 1. The van der Waals surface area contributed by atoms with Crippen molar-refractivity contribution in [1.82, 2.24) is 5.32 Å². The summed E-state index contributed by atoms with van der Waals surface area (Å²) in [7, 11) is 0. The Bertz CT molecular complexity index is 959. The van der Waals surface area contributed by atoms with Gasteiger partial charge in [-0.25, -0.2) is 0 Å². The van der Waals surface area contributed by atoms with Crippen LogP contribution >= 0.6 is 0 Å². The van der Waals surface area contributed by atoms with Gasteiger partial charge in [0.1, 0.15) is 5.75 Å². The SMILES string of the molecule is Cc1ccc(C(=O)NCCCC(=O)c2ccc(OC3CCC(C(=O)O)CC3)cc2)c(C)c1. The van der Waals surface area contributed by atoms with Crippen molar-refractivity contribution in [2.45, 2.75) is 58.5 Å². The van der Waals surface area contributed by atoms with Gasteiger partial charge in [-0.15, -0.1) is 0 Å². The van der Waals surface area contributed by atoms with E-state index in [1.807, 2.05) is 32.0 Å². The third-order valence-electron chi connectivity index (χ3n) is 6.00. The van der Waals surface area contributed by atoms with Gasteiger partial charge in [0, 0.05) is 24.1 Å². The Balaban J connectivity index is 1.40. The van der Waals surface area contributed by atoms with Crippen LogP contribution in [-0.4, -0.2) is 35.4 Å². The van der Waals surface area contributed by atoms with Gasteiger partial charge in [-0.05, 0) is 81.8 Å². The number of Topliss-reactive ketones (excluding diaryl/α,β-unsaturated/α-hetero) is 1. The van der Waals surface area contributed by atoms with Gasteiger partial charge in [0.05, 0.1) is 12.0 Å². The number of carboxylic acids is 1. The molecule has 6 heteroatoms. The third kappa shape index (κ3) is 6.42. The van der Waals surface area contributed by atoms with Gasteiger partial charge in [0.2, 0.25) is 0 Å². The van der Waals surface area contributed by atoms with Crippen LogP contribution < -0.4 is 10.1 Å². The zero-order valence-electron chi connectivity index (χ0n) is 18.7. The molecule has 170 valence electrons. The molecular formula is C26H31NO5. The minimum absolute atomic E-state index is 0.0212. The number of hydrogen-bond acceptors (Lipinski definition) is 4. The molecule has 32 heavy (non-hydrogen) atoms. The quantitative estimate of drug-likeness (QED) is 0.437. The third-order valence-corrected chi connectivity index (χ3v) is 6.00. The average Bonchev–Trinajstić information content (AvgIpc) is 2.77. The van der Waals surface area contributed by atoms with E-state index in [1.54, 1.807) is 24.3 Å². The van der Waals surface area contributed by atoms with Gasteiger partial charge in [-0.2, -0.15) is 0 Å². The van der Waals surface area contributed by atoms with Gasteiger partial charge in [-0.3, -0.25) is 14.4 Å². The summed E-state index contributed by atoms with van der Waals surface area (Å²) in [6, 6.07) is 12.8. The molecule has 1 amide bonds. The van der Waals surface area contributed by atoms with Crippen molar-refractivity contribution >= 4 is 17.7 Å². The van der Waals surface area contributed by atoms with Gasteiger partial charge < -0.3 is 15.2 Å². The number of carbonyl (C=O) groups is 3. The Morgan fingerprint density at radius 2 is 1.69 bits per heavy atom. The normalized spacial score (nSPS) is 18.1. The Hall–Kier alpha value is -3.15. The highest BCUT2D eigenvalue weighted by Gasteiger charge is 2.26. The lowest BCUT2D eigenvalue weighted by molar-refractivity contribution is -0.143. The molecule has 1 aliphatic carbocycles. The number of amides is 1. The summed E-state index contributed by atoms with van der Waals surface area (Å²) < 4.78 is 5.95. The largest absolute Gasteiger partial charge is 0.490 e. The highest BCUT2D eigenvalue weighted by molar-refractivity contribution is 5.97. The van der Waals surface area contributed by atoms with E-state index < -0.39 is 5.97 Å². The molecule has 6 nitrogen and oxygen atoms in total. The lowest BCUT2D eigenvalue weighted by Crippen LogP contribution is -2.27. The van der Waals surface area contributed by atoms with Crippen LogP contribution in [0.3, 0.4) is 0 Å². The van der Waals surface area contributed by atoms with Crippen LogP contribution in [0.1, 0.15) is 70.4 Å². The maximum atomic E-state index is 12.4. The Kier molecular flexibility index (Phi) is 8.03. The van der Waals surface area contributed by atoms with E-state index in [4.69, 9.17) is 9.84 Å². The number of hydrogen-bond donors (Lipinski definition) is 2. The van der Waals surface area contributed by atoms with E-state index in [-0.39, 0.29) is 23.7 Å².